The van der Waals surface area contributed by atoms with Gasteiger partial charge >= 0.3 is 12.1 Å². The number of nitrogens with zero attached hydrogens (tertiary/aromatic N) is 20. The van der Waals surface area contributed by atoms with E-state index in [1.165, 1.54) is 6.26 Å². The Morgan fingerprint density at radius 3 is 0.925 bits per heavy atom. The largest absolute Gasteiger partial charge is 0.459 e. The first kappa shape index (κ1) is 97.3. The smallest absolute Gasteiger partial charge is 0.408 e. The van der Waals surface area contributed by atoms with Crippen LogP contribution < -0.4 is 44.2 Å². The summed E-state index contributed by atoms with van der Waals surface area (Å²) in [6, 6.07) is 58.5. The van der Waals surface area contributed by atoms with E-state index in [0.717, 1.165) is 177 Å². The number of alkyl carbamates (subject to hydrolysis) is 1. The summed E-state index contributed by atoms with van der Waals surface area (Å²) in [6.07, 6.45) is 21.7. The Hall–Kier alpha value is -15.8. The number of piperidine rings is 4. The van der Waals surface area contributed by atoms with Crippen LogP contribution in [0.4, 0.5) is 32.9 Å². The summed E-state index contributed by atoms with van der Waals surface area (Å²) < 4.78 is 19.8. The number of benzene rings is 4. The van der Waals surface area contributed by atoms with Gasteiger partial charge in [-0.1, -0.05) is 146 Å². The summed E-state index contributed by atoms with van der Waals surface area (Å²) >= 11 is 14.6. The lowest BCUT2D eigenvalue weighted by Crippen LogP contribution is -2.48. The van der Waals surface area contributed by atoms with E-state index >= 15 is 0 Å². The number of halogens is 4. The van der Waals surface area contributed by atoms with Crippen molar-refractivity contribution in [3.05, 3.63) is 284 Å². The molecule has 7 aliphatic rings. The van der Waals surface area contributed by atoms with E-state index in [0.29, 0.717) is 128 Å². The highest BCUT2D eigenvalue weighted by Crippen LogP contribution is 2.44. The van der Waals surface area contributed by atoms with E-state index in [2.05, 4.69) is 125 Å². The fourth-order valence-corrected chi connectivity index (χ4v) is 22.2. The molecular weight excluding hydrogens is 2130 g/mol. The van der Waals surface area contributed by atoms with Gasteiger partial charge in [0.15, 0.2) is 34.5 Å². The Morgan fingerprint density at radius 1 is 0.333 bits per heavy atom. The van der Waals surface area contributed by atoms with Crippen LogP contribution in [0.1, 0.15) is 121 Å². The van der Waals surface area contributed by atoms with Gasteiger partial charge in [-0.25, -0.2) is 29.5 Å². The number of carbonyl (C=O) groups is 7. The van der Waals surface area contributed by atoms with Crippen LogP contribution in [0.5, 0.6) is 0 Å². The van der Waals surface area contributed by atoms with Gasteiger partial charge in [0.2, 0.25) is 17.7 Å². The zero-order chi connectivity index (χ0) is 101. The number of cyclic esters (lactones) is 1. The molecule has 0 spiro atoms. The Labute approximate surface area is 875 Å². The first-order valence-corrected chi connectivity index (χ1v) is 51.6. The van der Waals surface area contributed by atoms with Gasteiger partial charge in [-0.15, -0.1) is 0 Å². The number of amides is 8. The molecule has 41 heteroatoms. The molecule has 8 amide bonds. The zero-order valence-corrected chi connectivity index (χ0v) is 85.5. The van der Waals surface area contributed by atoms with Gasteiger partial charge in [0.1, 0.15) is 35.4 Å². The van der Waals surface area contributed by atoms with Gasteiger partial charge in [0.05, 0.1) is 101 Å². The van der Waals surface area contributed by atoms with E-state index in [1.54, 1.807) is 59.9 Å². The number of fused-ring (bicyclic) bond motifs is 4. The van der Waals surface area contributed by atoms with Crippen molar-refractivity contribution in [2.24, 2.45) is 0 Å². The van der Waals surface area contributed by atoms with E-state index in [9.17, 15) is 33.6 Å². The average Bonchev–Trinajstić information content (AvgIpc) is 1.64. The summed E-state index contributed by atoms with van der Waals surface area (Å²) in [5.41, 5.74) is 46.9. The maximum Gasteiger partial charge on any atom is 0.408 e. The topological polar surface area (TPSA) is 479 Å². The summed E-state index contributed by atoms with van der Waals surface area (Å²) in [7, 11) is 0. The van der Waals surface area contributed by atoms with Crippen molar-refractivity contribution in [2.75, 3.05) is 88.4 Å². The Morgan fingerprint density at radius 2 is 0.653 bits per heavy atom. The van der Waals surface area contributed by atoms with Crippen molar-refractivity contribution in [1.82, 2.24) is 119 Å². The predicted molar refractivity (Wildman–Crippen MR) is 567 cm³/mol. The third kappa shape index (κ3) is 20.1. The summed E-state index contributed by atoms with van der Waals surface area (Å²) in [4.78, 5) is 131. The number of likely N-dealkylation sites (tertiary alicyclic amines) is 4. The van der Waals surface area contributed by atoms with Crippen LogP contribution in [-0.2, 0) is 23.9 Å². The second-order valence-electron chi connectivity index (χ2n) is 36.8. The lowest BCUT2D eigenvalue weighted by Gasteiger charge is -2.33. The number of hydrogen-bond acceptors (Lipinski definition) is 25. The molecule has 0 radical (unpaired) electrons. The SMILES string of the molecule is Nc1c(Br)c(C2CCN(C(=O)C3CNC(=O)N3)CC2)nc2c(-c3ccc(-c4ccccc4)nc3)cnn12.Nc1c(Br)c(C2CCN(C(=O)[C@H]3CCC(=O)N3)CC2)nc2c(-c3ccc(-c4ccccc4)nc3)cnn12.Nc1c(Br)c(C2CCN(C(=O)[C@H]3CNC(=O)O3)CC2)nc2c(-c3ccc(-c4ccccc4)nc3)cnn12.Nc1c(Br)c(C2CCN(C(=O)c3ccco3)CC2)nc2c(-c3ccc(-c4ccccc4)nc3)cnn12. The summed E-state index contributed by atoms with van der Waals surface area (Å²) in [6.45, 7) is 5.30. The van der Waals surface area contributed by atoms with Crippen molar-refractivity contribution in [3.63, 3.8) is 0 Å². The lowest BCUT2D eigenvalue weighted by atomic mass is 9.92. The number of furan rings is 1. The molecule has 7 fully saturated rings. The van der Waals surface area contributed by atoms with Crippen molar-refractivity contribution in [3.8, 4) is 89.5 Å². The third-order valence-electron chi connectivity index (χ3n) is 28.0. The molecule has 24 rings (SSSR count). The minimum Gasteiger partial charge on any atom is -0.459 e. The van der Waals surface area contributed by atoms with Crippen LogP contribution in [-0.4, -0.2) is 223 Å². The zero-order valence-electron chi connectivity index (χ0n) is 79.1. The molecule has 7 saturated heterocycles. The number of carbonyl (C=O) groups excluding carboxylic acids is 7. The molecule has 7 aliphatic heterocycles. The van der Waals surface area contributed by atoms with E-state index in [4.69, 9.17) is 52.0 Å². The average molecular weight is 2230 g/mol. The Bertz CT molecular complexity index is 7260. The van der Waals surface area contributed by atoms with Crippen molar-refractivity contribution < 1.29 is 42.7 Å². The van der Waals surface area contributed by atoms with Crippen LogP contribution in [0.3, 0.4) is 0 Å². The second kappa shape index (κ2) is 42.5. The standard InChI is InChI=1S/C27H26BrN7O2.C27H23BrN6O2.C26H25BrN8O2.C26H24BrN7O3/c28-23-24(17-10-12-34(13-11-17)27(37)21-8-9-22(36)32-21)33-26-19(15-31-35(26)25(23)29)18-6-7-20(30-14-18)16-4-2-1-3-5-16;28-23-24(18-10-12-33(13-11-18)27(35)22-7-4-14-36-22)32-26-20(16-31-34(26)25(23)29)19-8-9-21(30-15-19)17-5-2-1-3-6-17;27-21-22(16-8-10-34(11-9-16)25(36)20-14-30-26(37)32-20)33-24-18(13-31-35(24)23(21)28)17-6-7-19(29-12-17)15-4-2-1-3-5-15;27-21-22(16-8-10-33(11-9-16)25(35)20-14-30-26(36)37-20)32-24-18(13-31-34(24)23(21)28)17-6-7-19(29-12-17)15-4-2-1-3-5-15/h1-7,14-15,17,21H,8-13,29H2,(H,32,36);1-9,14-16,18H,10-13,29H2;1-7,12-13,16,20H,8-11,14,28H2,(H2,30,32,37);1-7,12-13,16,20H,8-11,14,28H2,(H,30,36)/t21-;;;20-/m1..1/s1. The van der Waals surface area contributed by atoms with Crippen molar-refractivity contribution in [1.29, 1.82) is 0 Å². The number of anilines is 4. The molecular formula is C106H98Br4N28O9. The summed E-state index contributed by atoms with van der Waals surface area (Å²) in [5, 5.41) is 28.6. The number of nitrogens with one attached hydrogen (secondary N) is 4. The Balaban J connectivity index is 0.000000115. The molecule has 12 N–H and O–H groups in total. The predicted octanol–water partition coefficient (Wildman–Crippen LogP) is 16.0. The molecule has 744 valence electrons. The van der Waals surface area contributed by atoms with E-state index in [-0.39, 0.29) is 65.8 Å². The number of nitrogen functional groups attached to an aromatic ring is 4. The third-order valence-corrected chi connectivity index (χ3v) is 31.2. The highest BCUT2D eigenvalue weighted by Gasteiger charge is 2.40. The molecule has 3 atom stereocenters. The van der Waals surface area contributed by atoms with Crippen LogP contribution in [0, 0.1) is 0 Å². The van der Waals surface area contributed by atoms with Gasteiger partial charge in [-0.05, 0) is 158 Å². The van der Waals surface area contributed by atoms with E-state index in [1.807, 2.05) is 209 Å². The maximum atomic E-state index is 12.8. The first-order valence-electron chi connectivity index (χ1n) is 48.4. The van der Waals surface area contributed by atoms with Gasteiger partial charge < -0.3 is 73.0 Å². The van der Waals surface area contributed by atoms with Crippen LogP contribution in [0.25, 0.3) is 112 Å². The van der Waals surface area contributed by atoms with Crippen molar-refractivity contribution >= 4 is 151 Å². The molecule has 4 aromatic carbocycles. The number of pyridine rings is 4. The molecule has 0 saturated carbocycles. The second-order valence-corrected chi connectivity index (χ2v) is 40.0. The minimum absolute atomic E-state index is 0.0100. The monoisotopic (exact) mass is 2220 g/mol. The van der Waals surface area contributed by atoms with Gasteiger partial charge in [-0.2, -0.15) is 38.5 Å². The first-order chi connectivity index (χ1) is 71.6. The quantitative estimate of drug-likeness (QED) is 0.0445. The number of aromatic nitrogens is 16. The van der Waals surface area contributed by atoms with Crippen LogP contribution in [0.2, 0.25) is 0 Å². The van der Waals surface area contributed by atoms with Gasteiger partial charge in [0, 0.05) is 181 Å². The number of rotatable bonds is 16. The highest BCUT2D eigenvalue weighted by molar-refractivity contribution is 9.11. The number of nitrogens with two attached hydrogens (primary N) is 4. The van der Waals surface area contributed by atoms with Crippen molar-refractivity contribution in [2.45, 2.75) is 106 Å². The van der Waals surface area contributed by atoms with Gasteiger partial charge in [0.25, 0.3) is 11.8 Å². The summed E-state index contributed by atoms with van der Waals surface area (Å²) in [5.74, 6) is 2.53. The fourth-order valence-electron chi connectivity index (χ4n) is 19.9. The van der Waals surface area contributed by atoms with Crippen LogP contribution >= 0.6 is 63.7 Å². The Kier molecular flexibility index (Phi) is 28.1. The number of hydrogen-bond donors (Lipinski definition) is 8. The molecule has 37 nitrogen and oxygen atoms in total. The van der Waals surface area contributed by atoms with E-state index < -0.39 is 24.3 Å². The molecule has 17 aromatic rings. The van der Waals surface area contributed by atoms with Gasteiger partial charge in [-0.3, -0.25) is 43.9 Å². The maximum absolute atomic E-state index is 12.8. The molecule has 0 bridgehead atoms. The minimum atomic E-state index is -0.753. The highest BCUT2D eigenvalue weighted by atomic mass is 79.9. The normalized spacial score (nSPS) is 17.3. The number of ether oxygens (including phenoxy) is 1. The van der Waals surface area contributed by atoms with Crippen LogP contribution in [0.15, 0.2) is 260 Å². The fraction of sp³-hybridized carbons (Fsp3) is 0.255. The number of urea groups is 1. The molecule has 20 heterocycles. The lowest BCUT2D eigenvalue weighted by molar-refractivity contribution is -0.139. The molecule has 13 aromatic heterocycles. The molecule has 0 aliphatic carbocycles. The molecule has 1 unspecified atom stereocenters. The molecule has 147 heavy (non-hydrogen) atoms.